The Bertz CT molecular complexity index is 325. The van der Waals surface area contributed by atoms with Crippen molar-refractivity contribution in [3.8, 4) is 0 Å². The van der Waals surface area contributed by atoms with E-state index < -0.39 is 5.97 Å². The molecule has 1 heterocycles. The third-order valence-corrected chi connectivity index (χ3v) is 1.71. The van der Waals surface area contributed by atoms with E-state index in [1.165, 1.54) is 0 Å². The van der Waals surface area contributed by atoms with Gasteiger partial charge in [0, 0.05) is 13.5 Å². The Hall–Kier alpha value is -1.47. The summed E-state index contributed by atoms with van der Waals surface area (Å²) in [5, 5.41) is 12.1. The van der Waals surface area contributed by atoms with Crippen LogP contribution in [0.3, 0.4) is 0 Å². The van der Waals surface area contributed by atoms with Crippen LogP contribution >= 0.6 is 0 Å². The van der Waals surface area contributed by atoms with E-state index in [1.807, 2.05) is 0 Å². The number of carbonyl (C=O) groups is 1. The topological polar surface area (TPSA) is 94.7 Å². The highest BCUT2D eigenvalue weighted by atomic mass is 16.5. The number of methoxy groups -OCH3 is 1. The fourth-order valence-corrected chi connectivity index (χ4v) is 1.00. The molecule has 0 fully saturated rings. The van der Waals surface area contributed by atoms with Gasteiger partial charge in [-0.3, -0.25) is 4.79 Å². The lowest BCUT2D eigenvalue weighted by Gasteiger charge is -1.99. The van der Waals surface area contributed by atoms with Crippen molar-refractivity contribution >= 4 is 5.97 Å². The van der Waals surface area contributed by atoms with Gasteiger partial charge in [0.25, 0.3) is 0 Å². The minimum Gasteiger partial charge on any atom is -0.481 e. The zero-order chi connectivity index (χ0) is 11.8. The number of rotatable bonds is 8. The van der Waals surface area contributed by atoms with Crippen molar-refractivity contribution in [1.82, 2.24) is 10.1 Å². The summed E-state index contributed by atoms with van der Waals surface area (Å²) in [4.78, 5) is 14.2. The molecule has 1 N–H and O–H groups in total. The smallest absolute Gasteiger partial charge is 0.312 e. The minimum atomic E-state index is -0.994. The van der Waals surface area contributed by atoms with Crippen LogP contribution < -0.4 is 0 Å². The molecule has 1 aromatic heterocycles. The summed E-state index contributed by atoms with van der Waals surface area (Å²) in [6, 6.07) is 0. The summed E-state index contributed by atoms with van der Waals surface area (Å²) >= 11 is 0. The van der Waals surface area contributed by atoms with Crippen molar-refractivity contribution in [1.29, 1.82) is 0 Å². The first-order valence-corrected chi connectivity index (χ1v) is 4.82. The molecule has 0 saturated heterocycles. The van der Waals surface area contributed by atoms with E-state index in [4.69, 9.17) is 19.1 Å². The van der Waals surface area contributed by atoms with Crippen LogP contribution in [-0.4, -0.2) is 48.1 Å². The summed E-state index contributed by atoms with van der Waals surface area (Å²) in [5.74, 6) is -0.431. The van der Waals surface area contributed by atoms with Crippen LogP contribution in [0, 0.1) is 0 Å². The molecule has 1 aromatic rings. The second-order valence-corrected chi connectivity index (χ2v) is 3.03. The molecule has 0 saturated carbocycles. The SMILES string of the molecule is COCCOCCc1noc(CC(=O)O)n1. The van der Waals surface area contributed by atoms with Gasteiger partial charge < -0.3 is 19.1 Å². The third kappa shape index (κ3) is 4.85. The van der Waals surface area contributed by atoms with Crippen molar-refractivity contribution in [2.24, 2.45) is 0 Å². The molecule has 0 unspecified atom stereocenters. The van der Waals surface area contributed by atoms with E-state index in [2.05, 4.69) is 10.1 Å². The van der Waals surface area contributed by atoms with E-state index in [0.717, 1.165) is 0 Å². The number of hydrogen-bond donors (Lipinski definition) is 1. The van der Waals surface area contributed by atoms with Crippen molar-refractivity contribution in [3.63, 3.8) is 0 Å². The Balaban J connectivity index is 2.21. The predicted molar refractivity (Wildman–Crippen MR) is 52.0 cm³/mol. The zero-order valence-corrected chi connectivity index (χ0v) is 9.01. The quantitative estimate of drug-likeness (QED) is 0.623. The summed E-state index contributed by atoms with van der Waals surface area (Å²) in [5.41, 5.74) is 0. The minimum absolute atomic E-state index is 0.111. The number of nitrogens with zero attached hydrogens (tertiary/aromatic N) is 2. The largest absolute Gasteiger partial charge is 0.481 e. The van der Waals surface area contributed by atoms with Crippen LogP contribution in [0.1, 0.15) is 11.7 Å². The van der Waals surface area contributed by atoms with Gasteiger partial charge in [-0.2, -0.15) is 4.98 Å². The molecule has 0 aliphatic rings. The second-order valence-electron chi connectivity index (χ2n) is 3.03. The van der Waals surface area contributed by atoms with Gasteiger partial charge in [-0.15, -0.1) is 0 Å². The fourth-order valence-electron chi connectivity index (χ4n) is 1.00. The molecular weight excluding hydrogens is 216 g/mol. The Kier molecular flexibility index (Phi) is 5.44. The maximum atomic E-state index is 10.3. The molecule has 7 nitrogen and oxygen atoms in total. The van der Waals surface area contributed by atoms with Gasteiger partial charge >= 0.3 is 5.97 Å². The van der Waals surface area contributed by atoms with E-state index in [9.17, 15) is 4.79 Å². The number of carboxylic acid groups (broad SMARTS) is 1. The molecule has 1 rings (SSSR count). The van der Waals surface area contributed by atoms with Gasteiger partial charge in [-0.1, -0.05) is 5.16 Å². The first kappa shape index (κ1) is 12.6. The third-order valence-electron chi connectivity index (χ3n) is 1.71. The average molecular weight is 230 g/mol. The average Bonchev–Trinajstić information content (AvgIpc) is 2.64. The Morgan fingerprint density at radius 1 is 1.44 bits per heavy atom. The molecule has 0 aliphatic heterocycles. The lowest BCUT2D eigenvalue weighted by atomic mass is 10.4. The summed E-state index contributed by atoms with van der Waals surface area (Å²) in [7, 11) is 1.60. The normalized spacial score (nSPS) is 10.6. The zero-order valence-electron chi connectivity index (χ0n) is 9.01. The number of aliphatic carboxylic acids is 1. The predicted octanol–water partition coefficient (Wildman–Crippen LogP) is -0.0978. The van der Waals surface area contributed by atoms with E-state index in [-0.39, 0.29) is 12.3 Å². The molecule has 90 valence electrons. The maximum absolute atomic E-state index is 10.3. The van der Waals surface area contributed by atoms with Gasteiger partial charge in [0.05, 0.1) is 19.8 Å². The molecule has 0 bridgehead atoms. The first-order chi connectivity index (χ1) is 7.72. The maximum Gasteiger partial charge on any atom is 0.312 e. The van der Waals surface area contributed by atoms with E-state index in [1.54, 1.807) is 7.11 Å². The molecule has 0 atom stereocenters. The molecular formula is C9H14N2O5. The standard InChI is InChI=1S/C9H14N2O5/c1-14-4-5-15-3-2-7-10-8(16-11-7)6-9(12)13/h2-6H2,1H3,(H,12,13). The van der Waals surface area contributed by atoms with Crippen molar-refractivity contribution in [3.05, 3.63) is 11.7 Å². The molecule has 0 spiro atoms. The lowest BCUT2D eigenvalue weighted by Crippen LogP contribution is -2.06. The number of aromatic nitrogens is 2. The highest BCUT2D eigenvalue weighted by Crippen LogP contribution is 1.99. The van der Waals surface area contributed by atoms with Crippen LogP contribution in [-0.2, 0) is 27.1 Å². The fraction of sp³-hybridized carbons (Fsp3) is 0.667. The van der Waals surface area contributed by atoms with Crippen LogP contribution in [0.15, 0.2) is 4.52 Å². The Morgan fingerprint density at radius 3 is 2.94 bits per heavy atom. The van der Waals surface area contributed by atoms with Gasteiger partial charge in [0.15, 0.2) is 5.82 Å². The summed E-state index contributed by atoms with van der Waals surface area (Å²) in [6.45, 7) is 1.50. The van der Waals surface area contributed by atoms with Crippen LogP contribution in [0.25, 0.3) is 0 Å². The van der Waals surface area contributed by atoms with Crippen LogP contribution in [0.5, 0.6) is 0 Å². The molecule has 0 aliphatic carbocycles. The molecule has 0 aromatic carbocycles. The molecule has 0 radical (unpaired) electrons. The highest BCUT2D eigenvalue weighted by molar-refractivity contribution is 5.68. The molecule has 7 heteroatoms. The van der Waals surface area contributed by atoms with Crippen molar-refractivity contribution in [2.75, 3.05) is 26.9 Å². The van der Waals surface area contributed by atoms with E-state index in [0.29, 0.717) is 32.1 Å². The number of carboxylic acids is 1. The van der Waals surface area contributed by atoms with Gasteiger partial charge in [-0.25, -0.2) is 0 Å². The van der Waals surface area contributed by atoms with E-state index >= 15 is 0 Å². The van der Waals surface area contributed by atoms with Gasteiger partial charge in [0.1, 0.15) is 6.42 Å². The Labute approximate surface area is 92.4 Å². The lowest BCUT2D eigenvalue weighted by molar-refractivity contribution is -0.136. The number of hydrogen-bond acceptors (Lipinski definition) is 6. The molecule has 0 amide bonds. The Morgan fingerprint density at radius 2 is 2.25 bits per heavy atom. The summed E-state index contributed by atoms with van der Waals surface area (Å²) in [6.07, 6.45) is 0.240. The first-order valence-electron chi connectivity index (χ1n) is 4.82. The van der Waals surface area contributed by atoms with Crippen LogP contribution in [0.4, 0.5) is 0 Å². The van der Waals surface area contributed by atoms with Gasteiger partial charge in [-0.05, 0) is 0 Å². The highest BCUT2D eigenvalue weighted by Gasteiger charge is 2.09. The second kappa shape index (κ2) is 6.91. The molecule has 16 heavy (non-hydrogen) atoms. The van der Waals surface area contributed by atoms with Crippen LogP contribution in [0.2, 0.25) is 0 Å². The summed E-state index contributed by atoms with van der Waals surface area (Å²) < 4.78 is 14.7. The monoisotopic (exact) mass is 230 g/mol. The number of ether oxygens (including phenoxy) is 2. The van der Waals surface area contributed by atoms with Crippen molar-refractivity contribution in [2.45, 2.75) is 12.8 Å². The van der Waals surface area contributed by atoms with Crippen molar-refractivity contribution < 1.29 is 23.9 Å². The van der Waals surface area contributed by atoms with Gasteiger partial charge in [0.2, 0.25) is 5.89 Å².